The molecule has 18 heavy (non-hydrogen) atoms. The van der Waals surface area contributed by atoms with Crippen LogP contribution in [0.2, 0.25) is 0 Å². The van der Waals surface area contributed by atoms with Crippen LogP contribution in [0.1, 0.15) is 13.8 Å². The molecular formula is C13H20F2N2O. The first kappa shape index (κ1) is 14.7. The first-order valence-electron chi connectivity index (χ1n) is 6.21. The van der Waals surface area contributed by atoms with E-state index >= 15 is 0 Å². The van der Waals surface area contributed by atoms with Gasteiger partial charge >= 0.3 is 0 Å². The van der Waals surface area contributed by atoms with Gasteiger partial charge in [0.05, 0.1) is 7.11 Å². The van der Waals surface area contributed by atoms with E-state index in [-0.39, 0.29) is 5.75 Å². The maximum Gasteiger partial charge on any atom is 0.200 e. The van der Waals surface area contributed by atoms with Crippen LogP contribution in [-0.2, 0) is 0 Å². The first-order chi connectivity index (χ1) is 8.72. The van der Waals surface area contributed by atoms with E-state index in [2.05, 4.69) is 5.32 Å². The standard InChI is InChI=1S/C11H14F2N2O.C2H6/c1-16-10-7-8(6-9(12)11(10)13)15-4-2-14-3-5-15;1-2/h6-7,14H,2-5H2,1H3;1-2H3. The number of halogens is 2. The number of hydrogen-bond donors (Lipinski definition) is 1. The molecule has 2 rings (SSSR count). The number of benzene rings is 1. The lowest BCUT2D eigenvalue weighted by atomic mass is 10.2. The van der Waals surface area contributed by atoms with Crippen molar-refractivity contribution >= 4 is 5.69 Å². The predicted molar refractivity (Wildman–Crippen MR) is 69.3 cm³/mol. The van der Waals surface area contributed by atoms with E-state index in [0.717, 1.165) is 26.2 Å². The van der Waals surface area contributed by atoms with Crippen molar-refractivity contribution < 1.29 is 13.5 Å². The lowest BCUT2D eigenvalue weighted by molar-refractivity contribution is 0.371. The van der Waals surface area contributed by atoms with Crippen molar-refractivity contribution in [2.24, 2.45) is 0 Å². The largest absolute Gasteiger partial charge is 0.493 e. The monoisotopic (exact) mass is 258 g/mol. The summed E-state index contributed by atoms with van der Waals surface area (Å²) in [6.07, 6.45) is 0. The van der Waals surface area contributed by atoms with Crippen molar-refractivity contribution in [3.05, 3.63) is 23.8 Å². The maximum absolute atomic E-state index is 13.3. The third kappa shape index (κ3) is 3.32. The highest BCUT2D eigenvalue weighted by Gasteiger charge is 2.16. The van der Waals surface area contributed by atoms with Gasteiger partial charge in [0.2, 0.25) is 5.82 Å². The molecule has 0 saturated carbocycles. The van der Waals surface area contributed by atoms with Crippen LogP contribution in [0.15, 0.2) is 12.1 Å². The summed E-state index contributed by atoms with van der Waals surface area (Å²) in [4.78, 5) is 2.00. The number of anilines is 1. The van der Waals surface area contributed by atoms with Crippen molar-refractivity contribution in [3.8, 4) is 5.75 Å². The van der Waals surface area contributed by atoms with E-state index in [1.165, 1.54) is 19.2 Å². The Balaban J connectivity index is 0.000000771. The minimum atomic E-state index is -0.929. The number of ether oxygens (including phenoxy) is 1. The van der Waals surface area contributed by atoms with Gasteiger partial charge in [-0.15, -0.1) is 0 Å². The molecule has 1 saturated heterocycles. The Labute approximate surface area is 107 Å². The van der Waals surface area contributed by atoms with Crippen LogP contribution in [0.3, 0.4) is 0 Å². The van der Waals surface area contributed by atoms with Gasteiger partial charge in [-0.1, -0.05) is 13.8 Å². The number of piperazine rings is 1. The molecule has 1 fully saturated rings. The van der Waals surface area contributed by atoms with Crippen molar-refractivity contribution in [1.29, 1.82) is 0 Å². The summed E-state index contributed by atoms with van der Waals surface area (Å²) < 4.78 is 31.3. The molecule has 0 aliphatic carbocycles. The SMILES string of the molecule is CC.COc1cc(N2CCNCC2)cc(F)c1F. The van der Waals surface area contributed by atoms with Crippen molar-refractivity contribution in [1.82, 2.24) is 5.32 Å². The van der Waals surface area contributed by atoms with Gasteiger partial charge in [0.25, 0.3) is 0 Å². The van der Waals surface area contributed by atoms with Crippen LogP contribution in [0.4, 0.5) is 14.5 Å². The van der Waals surface area contributed by atoms with Crippen LogP contribution >= 0.6 is 0 Å². The zero-order valence-corrected chi connectivity index (χ0v) is 11.1. The Morgan fingerprint density at radius 3 is 2.33 bits per heavy atom. The fraction of sp³-hybridized carbons (Fsp3) is 0.538. The molecule has 0 bridgehead atoms. The number of hydrogen-bond acceptors (Lipinski definition) is 3. The lowest BCUT2D eigenvalue weighted by Gasteiger charge is -2.29. The summed E-state index contributed by atoms with van der Waals surface area (Å²) in [6, 6.07) is 2.74. The maximum atomic E-state index is 13.3. The van der Waals surface area contributed by atoms with Crippen LogP contribution in [0.25, 0.3) is 0 Å². The molecule has 0 unspecified atom stereocenters. The molecule has 1 heterocycles. The smallest absolute Gasteiger partial charge is 0.200 e. The summed E-state index contributed by atoms with van der Waals surface area (Å²) >= 11 is 0. The lowest BCUT2D eigenvalue weighted by Crippen LogP contribution is -2.43. The van der Waals surface area contributed by atoms with Gasteiger partial charge in [0.15, 0.2) is 11.6 Å². The highest BCUT2D eigenvalue weighted by Crippen LogP contribution is 2.27. The van der Waals surface area contributed by atoms with Gasteiger partial charge in [0.1, 0.15) is 0 Å². The van der Waals surface area contributed by atoms with Crippen LogP contribution in [-0.4, -0.2) is 33.3 Å². The van der Waals surface area contributed by atoms with Gasteiger partial charge in [-0.3, -0.25) is 0 Å². The highest BCUT2D eigenvalue weighted by atomic mass is 19.2. The molecule has 1 aliphatic rings. The molecule has 1 aromatic rings. The summed E-state index contributed by atoms with van der Waals surface area (Å²) in [5.41, 5.74) is 0.664. The molecule has 0 amide bonds. The van der Waals surface area contributed by atoms with E-state index in [1.807, 2.05) is 18.7 Å². The Morgan fingerprint density at radius 2 is 1.78 bits per heavy atom. The summed E-state index contributed by atoms with van der Waals surface area (Å²) in [6.45, 7) is 7.27. The quantitative estimate of drug-likeness (QED) is 0.881. The molecule has 102 valence electrons. The summed E-state index contributed by atoms with van der Waals surface area (Å²) in [5, 5.41) is 3.20. The third-order valence-electron chi connectivity index (χ3n) is 2.68. The predicted octanol–water partition coefficient (Wildman–Crippen LogP) is 2.41. The van der Waals surface area contributed by atoms with E-state index in [0.29, 0.717) is 5.69 Å². The second kappa shape index (κ2) is 7.16. The molecule has 5 heteroatoms. The first-order valence-corrected chi connectivity index (χ1v) is 6.21. The molecule has 1 aromatic carbocycles. The normalized spacial score (nSPS) is 14.8. The summed E-state index contributed by atoms with van der Waals surface area (Å²) in [7, 11) is 1.33. The third-order valence-corrected chi connectivity index (χ3v) is 2.68. The van der Waals surface area contributed by atoms with E-state index in [4.69, 9.17) is 4.74 Å². The average Bonchev–Trinajstić information content (AvgIpc) is 2.45. The second-order valence-electron chi connectivity index (χ2n) is 3.68. The fourth-order valence-corrected chi connectivity index (χ4v) is 1.80. The van der Waals surface area contributed by atoms with Crippen molar-refractivity contribution in [2.45, 2.75) is 13.8 Å². The van der Waals surface area contributed by atoms with Crippen LogP contribution in [0, 0.1) is 11.6 Å². The average molecular weight is 258 g/mol. The van der Waals surface area contributed by atoms with Crippen molar-refractivity contribution in [3.63, 3.8) is 0 Å². The minimum Gasteiger partial charge on any atom is -0.493 e. The summed E-state index contributed by atoms with van der Waals surface area (Å²) in [5.74, 6) is -1.84. The van der Waals surface area contributed by atoms with Crippen LogP contribution < -0.4 is 15.0 Å². The molecule has 1 aliphatic heterocycles. The number of methoxy groups -OCH3 is 1. The van der Waals surface area contributed by atoms with Gasteiger partial charge < -0.3 is 15.0 Å². The van der Waals surface area contributed by atoms with Gasteiger partial charge in [0, 0.05) is 44.0 Å². The highest BCUT2D eigenvalue weighted by molar-refractivity contribution is 5.52. The Hall–Kier alpha value is -1.36. The Bertz CT molecular complexity index is 379. The van der Waals surface area contributed by atoms with Crippen LogP contribution in [0.5, 0.6) is 5.75 Å². The topological polar surface area (TPSA) is 24.5 Å². The second-order valence-corrected chi connectivity index (χ2v) is 3.68. The van der Waals surface area contributed by atoms with Gasteiger partial charge in [-0.2, -0.15) is 4.39 Å². The molecule has 3 nitrogen and oxygen atoms in total. The zero-order valence-electron chi connectivity index (χ0n) is 11.1. The van der Waals surface area contributed by atoms with Gasteiger partial charge in [-0.25, -0.2) is 4.39 Å². The molecular weight excluding hydrogens is 238 g/mol. The van der Waals surface area contributed by atoms with E-state index in [9.17, 15) is 8.78 Å². The zero-order chi connectivity index (χ0) is 13.5. The Kier molecular flexibility index (Phi) is 5.85. The minimum absolute atomic E-state index is 0.0477. The molecule has 0 atom stereocenters. The number of nitrogens with one attached hydrogen (secondary N) is 1. The fourth-order valence-electron chi connectivity index (χ4n) is 1.80. The molecule has 0 aromatic heterocycles. The van der Waals surface area contributed by atoms with Crippen molar-refractivity contribution in [2.75, 3.05) is 38.2 Å². The number of nitrogens with zero attached hydrogens (tertiary/aromatic N) is 1. The molecule has 1 N–H and O–H groups in total. The number of rotatable bonds is 2. The Morgan fingerprint density at radius 1 is 1.17 bits per heavy atom. The van der Waals surface area contributed by atoms with Gasteiger partial charge in [-0.05, 0) is 0 Å². The van der Waals surface area contributed by atoms with E-state index in [1.54, 1.807) is 0 Å². The molecule has 0 radical (unpaired) electrons. The van der Waals surface area contributed by atoms with E-state index < -0.39 is 11.6 Å². The molecule has 0 spiro atoms.